The fourth-order valence-electron chi connectivity index (χ4n) is 7.23. The van der Waals surface area contributed by atoms with Crippen LogP contribution < -0.4 is 0 Å². The molecule has 1 saturated heterocycles. The summed E-state index contributed by atoms with van der Waals surface area (Å²) >= 11 is 0. The zero-order chi connectivity index (χ0) is 45.1. The van der Waals surface area contributed by atoms with Gasteiger partial charge in [0.05, 0.1) is 13.2 Å². The maximum atomic E-state index is 12.8. The van der Waals surface area contributed by atoms with E-state index in [1.807, 2.05) is 12.2 Å². The van der Waals surface area contributed by atoms with Gasteiger partial charge in [0, 0.05) is 12.8 Å². The standard InChI is InChI=1S/C52H90O10/c1-3-5-7-9-11-13-15-17-19-21-23-25-27-29-31-33-35-37-39-41-48(55)61-45(44-60-52-51(58)50(57)49(56)46(42-53)62-52)43-59-47(54)40-38-36-34-32-30-28-26-24-22-20-18-16-14-12-10-8-6-4-2/h11,13,17,19,23,25,29,31,35,37,45-46,49-53,56-58H,3-10,12,14-16,18,20-22,24,26-28,30,32-34,36,38-44H2,1-2H3/b13-11+,19-17+,25-23+,31-29+,37-35+/t45-,46-,49+,50?,51?,52-/m0/s1. The molecule has 0 saturated carbocycles. The first-order valence-corrected chi connectivity index (χ1v) is 24.9. The van der Waals surface area contributed by atoms with Crippen molar-refractivity contribution in [2.75, 3.05) is 19.8 Å². The number of carbonyl (C=O) groups is 2. The highest BCUT2D eigenvalue weighted by molar-refractivity contribution is 5.70. The van der Waals surface area contributed by atoms with Gasteiger partial charge in [-0.05, 0) is 51.4 Å². The molecule has 0 bridgehead atoms. The van der Waals surface area contributed by atoms with Crippen LogP contribution in [0.3, 0.4) is 0 Å². The minimum Gasteiger partial charge on any atom is -0.462 e. The molecule has 0 aliphatic carbocycles. The quantitative estimate of drug-likeness (QED) is 0.0265. The van der Waals surface area contributed by atoms with E-state index in [0.717, 1.165) is 44.9 Å². The van der Waals surface area contributed by atoms with E-state index in [4.69, 9.17) is 18.9 Å². The fourth-order valence-corrected chi connectivity index (χ4v) is 7.23. The molecule has 2 unspecified atom stereocenters. The molecule has 0 amide bonds. The Labute approximate surface area is 377 Å². The maximum absolute atomic E-state index is 12.8. The molecule has 4 N–H and O–H groups in total. The second-order valence-electron chi connectivity index (χ2n) is 16.9. The SMILES string of the molecule is CCCCC/C=C/C/C=C/C/C=C/C/C=C/C/C=C/CCC(=O)O[C@@H](COC(=O)CCCCCCCCCCCCCCCCCCCC)CO[C@H]1O[C@@H](CO)[C@@H](O)C(O)C1O. The second kappa shape index (κ2) is 42.4. The minimum atomic E-state index is -1.61. The molecule has 1 aliphatic heterocycles. The van der Waals surface area contributed by atoms with Crippen molar-refractivity contribution in [2.45, 2.75) is 237 Å². The molecule has 10 nitrogen and oxygen atoms in total. The molecule has 62 heavy (non-hydrogen) atoms. The molecular weight excluding hydrogens is 785 g/mol. The Kier molecular flexibility index (Phi) is 39.2. The van der Waals surface area contributed by atoms with Crippen LogP contribution in [0.15, 0.2) is 60.8 Å². The Hall–Kier alpha value is -2.60. The summed E-state index contributed by atoms with van der Waals surface area (Å²) in [5.74, 6) is -0.899. The summed E-state index contributed by atoms with van der Waals surface area (Å²) in [5.41, 5.74) is 0. The molecule has 1 fully saturated rings. The van der Waals surface area contributed by atoms with Crippen LogP contribution in [0.1, 0.15) is 200 Å². The summed E-state index contributed by atoms with van der Waals surface area (Å²) in [6.45, 7) is 3.34. The first-order chi connectivity index (χ1) is 30.3. The molecule has 0 aromatic heterocycles. The van der Waals surface area contributed by atoms with Crippen molar-refractivity contribution >= 4 is 11.9 Å². The third kappa shape index (κ3) is 33.0. The number of hydrogen-bond acceptors (Lipinski definition) is 10. The summed E-state index contributed by atoms with van der Waals surface area (Å²) < 4.78 is 22.1. The van der Waals surface area contributed by atoms with E-state index in [9.17, 15) is 30.0 Å². The number of aliphatic hydroxyl groups excluding tert-OH is 4. The van der Waals surface area contributed by atoms with E-state index < -0.39 is 55.4 Å². The van der Waals surface area contributed by atoms with Gasteiger partial charge in [0.15, 0.2) is 12.4 Å². The predicted octanol–water partition coefficient (Wildman–Crippen LogP) is 11.4. The van der Waals surface area contributed by atoms with Gasteiger partial charge in [-0.1, -0.05) is 197 Å². The number of ether oxygens (including phenoxy) is 4. The molecule has 1 aliphatic rings. The van der Waals surface area contributed by atoms with Gasteiger partial charge >= 0.3 is 11.9 Å². The Morgan fingerprint density at radius 1 is 0.500 bits per heavy atom. The molecule has 358 valence electrons. The average Bonchev–Trinajstić information content (AvgIpc) is 3.27. The Balaban J connectivity index is 2.34. The zero-order valence-electron chi connectivity index (χ0n) is 39.1. The summed E-state index contributed by atoms with van der Waals surface area (Å²) in [6.07, 6.45) is 45.2. The van der Waals surface area contributed by atoms with Gasteiger partial charge in [0.25, 0.3) is 0 Å². The number of esters is 2. The molecule has 0 aromatic rings. The molecule has 1 rings (SSSR count). The number of rotatable bonds is 41. The zero-order valence-corrected chi connectivity index (χ0v) is 39.1. The van der Waals surface area contributed by atoms with Crippen LogP contribution in [0.2, 0.25) is 0 Å². The fraction of sp³-hybridized carbons (Fsp3) is 0.769. The Bertz CT molecular complexity index is 1190. The molecule has 1 heterocycles. The van der Waals surface area contributed by atoms with Crippen LogP contribution in [0.5, 0.6) is 0 Å². The van der Waals surface area contributed by atoms with Gasteiger partial charge in [-0.2, -0.15) is 0 Å². The smallest absolute Gasteiger partial charge is 0.306 e. The molecule has 10 heteroatoms. The van der Waals surface area contributed by atoms with Crippen LogP contribution in [0, 0.1) is 0 Å². The number of aliphatic hydroxyl groups is 4. The van der Waals surface area contributed by atoms with Crippen molar-refractivity contribution in [2.24, 2.45) is 0 Å². The number of carbonyl (C=O) groups excluding carboxylic acids is 2. The van der Waals surface area contributed by atoms with Crippen molar-refractivity contribution in [1.82, 2.24) is 0 Å². The van der Waals surface area contributed by atoms with Gasteiger partial charge in [0.1, 0.15) is 31.0 Å². The third-order valence-corrected chi connectivity index (χ3v) is 11.2. The lowest BCUT2D eigenvalue weighted by atomic mass is 9.99. The van der Waals surface area contributed by atoms with Crippen molar-refractivity contribution in [3.63, 3.8) is 0 Å². The van der Waals surface area contributed by atoms with E-state index in [1.165, 1.54) is 122 Å². The monoisotopic (exact) mass is 875 g/mol. The molecular formula is C52H90O10. The normalized spacial score (nSPS) is 20.1. The summed E-state index contributed by atoms with van der Waals surface area (Å²) in [5, 5.41) is 40.1. The van der Waals surface area contributed by atoms with Gasteiger partial charge in [0.2, 0.25) is 0 Å². The van der Waals surface area contributed by atoms with Crippen molar-refractivity contribution in [3.05, 3.63) is 60.8 Å². The van der Waals surface area contributed by atoms with E-state index in [1.54, 1.807) is 0 Å². The van der Waals surface area contributed by atoms with Crippen LogP contribution in [0.4, 0.5) is 0 Å². The highest BCUT2D eigenvalue weighted by atomic mass is 16.7. The summed E-state index contributed by atoms with van der Waals surface area (Å²) in [4.78, 5) is 25.4. The lowest BCUT2D eigenvalue weighted by Crippen LogP contribution is -2.59. The highest BCUT2D eigenvalue weighted by Gasteiger charge is 2.44. The van der Waals surface area contributed by atoms with E-state index in [2.05, 4.69) is 62.5 Å². The summed E-state index contributed by atoms with van der Waals surface area (Å²) in [7, 11) is 0. The molecule has 6 atom stereocenters. The predicted molar refractivity (Wildman–Crippen MR) is 251 cm³/mol. The third-order valence-electron chi connectivity index (χ3n) is 11.2. The van der Waals surface area contributed by atoms with Gasteiger partial charge in [-0.15, -0.1) is 0 Å². The van der Waals surface area contributed by atoms with Crippen LogP contribution in [0.25, 0.3) is 0 Å². The number of unbranched alkanes of at least 4 members (excludes halogenated alkanes) is 20. The first-order valence-electron chi connectivity index (χ1n) is 24.9. The Morgan fingerprint density at radius 3 is 1.42 bits per heavy atom. The van der Waals surface area contributed by atoms with E-state index in [-0.39, 0.29) is 26.1 Å². The maximum Gasteiger partial charge on any atom is 0.306 e. The average molecular weight is 875 g/mol. The number of allylic oxidation sites excluding steroid dienone is 10. The van der Waals surface area contributed by atoms with Gasteiger partial charge in [-0.3, -0.25) is 9.59 Å². The van der Waals surface area contributed by atoms with Crippen LogP contribution in [-0.4, -0.2) is 89.0 Å². The topological polar surface area (TPSA) is 152 Å². The lowest BCUT2D eigenvalue weighted by Gasteiger charge is -2.39. The Morgan fingerprint density at radius 2 is 0.935 bits per heavy atom. The van der Waals surface area contributed by atoms with Crippen LogP contribution >= 0.6 is 0 Å². The first kappa shape index (κ1) is 57.4. The van der Waals surface area contributed by atoms with Crippen molar-refractivity contribution < 1.29 is 49.0 Å². The van der Waals surface area contributed by atoms with Crippen LogP contribution in [-0.2, 0) is 28.5 Å². The largest absolute Gasteiger partial charge is 0.462 e. The van der Waals surface area contributed by atoms with Crippen molar-refractivity contribution in [1.29, 1.82) is 0 Å². The van der Waals surface area contributed by atoms with E-state index in [0.29, 0.717) is 6.42 Å². The van der Waals surface area contributed by atoms with E-state index >= 15 is 0 Å². The molecule has 0 radical (unpaired) electrons. The minimum absolute atomic E-state index is 0.106. The van der Waals surface area contributed by atoms with Gasteiger partial charge < -0.3 is 39.4 Å². The van der Waals surface area contributed by atoms with Crippen molar-refractivity contribution in [3.8, 4) is 0 Å². The number of hydrogen-bond donors (Lipinski definition) is 4. The molecule has 0 aromatic carbocycles. The second-order valence-corrected chi connectivity index (χ2v) is 16.9. The highest BCUT2D eigenvalue weighted by Crippen LogP contribution is 2.23. The molecule has 0 spiro atoms. The van der Waals surface area contributed by atoms with Gasteiger partial charge in [-0.25, -0.2) is 0 Å². The lowest BCUT2D eigenvalue weighted by molar-refractivity contribution is -0.305. The summed E-state index contributed by atoms with van der Waals surface area (Å²) in [6, 6.07) is 0.